The highest BCUT2D eigenvalue weighted by molar-refractivity contribution is 5.52. The first-order valence-electron chi connectivity index (χ1n) is 7.00. The third kappa shape index (κ3) is 4.11. The van der Waals surface area contributed by atoms with Gasteiger partial charge >= 0.3 is 0 Å². The van der Waals surface area contributed by atoms with Crippen molar-refractivity contribution in [3.63, 3.8) is 0 Å². The van der Waals surface area contributed by atoms with E-state index < -0.39 is 0 Å². The molecule has 1 heterocycles. The number of aliphatic hydroxyl groups excluding tert-OH is 1. The van der Waals surface area contributed by atoms with Crippen molar-refractivity contribution in [1.82, 2.24) is 4.98 Å². The van der Waals surface area contributed by atoms with Crippen LogP contribution in [0.2, 0.25) is 0 Å². The van der Waals surface area contributed by atoms with E-state index in [1.165, 1.54) is 6.20 Å². The molecule has 0 unspecified atom stereocenters. The molecule has 0 saturated heterocycles. The average molecular weight is 295 g/mol. The lowest BCUT2D eigenvalue weighted by molar-refractivity contribution is 0.302. The number of hydrogen-bond acceptors (Lipinski definition) is 6. The van der Waals surface area contributed by atoms with Crippen LogP contribution in [-0.4, -0.2) is 29.8 Å². The SMILES string of the molecule is CCN(CCO)c1ccc(/N=N/c2ccc(C#N)nc2)cc1. The second-order valence-electron chi connectivity index (χ2n) is 4.53. The summed E-state index contributed by atoms with van der Waals surface area (Å²) in [6.45, 7) is 3.61. The molecule has 1 aromatic carbocycles. The number of likely N-dealkylation sites (N-methyl/N-ethyl adjacent to an activating group) is 1. The van der Waals surface area contributed by atoms with Gasteiger partial charge in [-0.25, -0.2) is 4.98 Å². The Balaban J connectivity index is 2.06. The van der Waals surface area contributed by atoms with Crippen LogP contribution >= 0.6 is 0 Å². The van der Waals surface area contributed by atoms with E-state index in [2.05, 4.69) is 20.1 Å². The lowest BCUT2D eigenvalue weighted by Crippen LogP contribution is -2.25. The highest BCUT2D eigenvalue weighted by atomic mass is 16.3. The Morgan fingerprint density at radius 1 is 1.14 bits per heavy atom. The molecular weight excluding hydrogens is 278 g/mol. The number of pyridine rings is 1. The van der Waals surface area contributed by atoms with Gasteiger partial charge in [0.05, 0.1) is 18.5 Å². The van der Waals surface area contributed by atoms with E-state index >= 15 is 0 Å². The van der Waals surface area contributed by atoms with E-state index in [-0.39, 0.29) is 6.61 Å². The maximum absolute atomic E-state index is 9.03. The van der Waals surface area contributed by atoms with E-state index in [1.54, 1.807) is 12.1 Å². The zero-order valence-corrected chi connectivity index (χ0v) is 12.3. The molecule has 112 valence electrons. The van der Waals surface area contributed by atoms with Gasteiger partial charge in [-0.3, -0.25) is 0 Å². The summed E-state index contributed by atoms with van der Waals surface area (Å²) in [6, 6.07) is 12.9. The molecule has 0 saturated carbocycles. The van der Waals surface area contributed by atoms with Gasteiger partial charge in [-0.1, -0.05) is 0 Å². The Morgan fingerprint density at radius 2 is 1.82 bits per heavy atom. The predicted octanol–water partition coefficient (Wildman–Crippen LogP) is 3.19. The zero-order chi connectivity index (χ0) is 15.8. The zero-order valence-electron chi connectivity index (χ0n) is 12.3. The summed E-state index contributed by atoms with van der Waals surface area (Å²) in [5.41, 5.74) is 2.72. The first-order valence-corrected chi connectivity index (χ1v) is 7.00. The van der Waals surface area contributed by atoms with Crippen molar-refractivity contribution in [3.8, 4) is 6.07 Å². The standard InChI is InChI=1S/C16H17N5O/c1-2-21(9-10-22)16-7-5-13(6-8-16)19-20-15-4-3-14(11-17)18-12-15/h3-8,12,22H,2,9-10H2,1H3/b20-19+. The second kappa shape index (κ2) is 7.86. The number of nitriles is 1. The number of anilines is 1. The van der Waals surface area contributed by atoms with Crippen molar-refractivity contribution in [2.75, 3.05) is 24.6 Å². The number of nitrogens with zero attached hydrogens (tertiary/aromatic N) is 5. The molecule has 2 rings (SSSR count). The molecule has 0 aliphatic heterocycles. The van der Waals surface area contributed by atoms with Gasteiger partial charge in [0.1, 0.15) is 17.5 Å². The number of rotatable bonds is 6. The molecule has 6 heteroatoms. The van der Waals surface area contributed by atoms with Crippen LogP contribution in [0.4, 0.5) is 17.1 Å². The smallest absolute Gasteiger partial charge is 0.140 e. The Labute approximate surface area is 129 Å². The van der Waals surface area contributed by atoms with Gasteiger partial charge in [0.2, 0.25) is 0 Å². The van der Waals surface area contributed by atoms with Crippen LogP contribution in [0.1, 0.15) is 12.6 Å². The minimum Gasteiger partial charge on any atom is -0.395 e. The van der Waals surface area contributed by atoms with E-state index in [0.29, 0.717) is 17.9 Å². The summed E-state index contributed by atoms with van der Waals surface area (Å²) in [5.74, 6) is 0. The Bertz CT molecular complexity index is 658. The van der Waals surface area contributed by atoms with Gasteiger partial charge in [0, 0.05) is 18.8 Å². The molecule has 0 aliphatic rings. The normalized spacial score (nSPS) is 10.6. The fraction of sp³-hybridized carbons (Fsp3) is 0.250. The molecule has 0 amide bonds. The van der Waals surface area contributed by atoms with Crippen molar-refractivity contribution >= 4 is 17.1 Å². The molecule has 0 atom stereocenters. The Kier molecular flexibility index (Phi) is 5.57. The van der Waals surface area contributed by atoms with Crippen molar-refractivity contribution in [2.24, 2.45) is 10.2 Å². The first kappa shape index (κ1) is 15.6. The predicted molar refractivity (Wildman–Crippen MR) is 84.5 cm³/mol. The summed E-state index contributed by atoms with van der Waals surface area (Å²) >= 11 is 0. The quantitative estimate of drug-likeness (QED) is 0.829. The first-order chi connectivity index (χ1) is 10.8. The van der Waals surface area contributed by atoms with Gasteiger partial charge in [0.15, 0.2) is 0 Å². The van der Waals surface area contributed by atoms with Gasteiger partial charge in [-0.05, 0) is 43.3 Å². The number of benzene rings is 1. The van der Waals surface area contributed by atoms with Crippen LogP contribution < -0.4 is 4.90 Å². The van der Waals surface area contributed by atoms with Gasteiger partial charge in [-0.2, -0.15) is 10.4 Å². The maximum Gasteiger partial charge on any atom is 0.140 e. The molecule has 1 aromatic heterocycles. The van der Waals surface area contributed by atoms with E-state index in [4.69, 9.17) is 10.4 Å². The van der Waals surface area contributed by atoms with Gasteiger partial charge in [-0.15, -0.1) is 5.11 Å². The molecule has 0 bridgehead atoms. The monoisotopic (exact) mass is 295 g/mol. The van der Waals surface area contributed by atoms with Crippen LogP contribution in [0, 0.1) is 11.3 Å². The topological polar surface area (TPSA) is 84.9 Å². The average Bonchev–Trinajstić information content (AvgIpc) is 2.59. The molecule has 1 N–H and O–H groups in total. The number of azo groups is 1. The molecular formula is C16H17N5O. The van der Waals surface area contributed by atoms with Crippen LogP contribution in [0.25, 0.3) is 0 Å². The van der Waals surface area contributed by atoms with E-state index in [0.717, 1.165) is 17.9 Å². The minimum absolute atomic E-state index is 0.126. The van der Waals surface area contributed by atoms with Crippen LogP contribution in [0.5, 0.6) is 0 Å². The number of aromatic nitrogens is 1. The summed E-state index contributed by atoms with van der Waals surface area (Å²) in [4.78, 5) is 6.01. The molecule has 0 fully saturated rings. The lowest BCUT2D eigenvalue weighted by Gasteiger charge is -2.21. The van der Waals surface area contributed by atoms with Crippen molar-refractivity contribution in [2.45, 2.75) is 6.92 Å². The fourth-order valence-electron chi connectivity index (χ4n) is 1.95. The highest BCUT2D eigenvalue weighted by Crippen LogP contribution is 2.21. The van der Waals surface area contributed by atoms with Crippen LogP contribution in [-0.2, 0) is 0 Å². The van der Waals surface area contributed by atoms with Crippen LogP contribution in [0.15, 0.2) is 52.8 Å². The van der Waals surface area contributed by atoms with E-state index in [1.807, 2.05) is 37.3 Å². The molecule has 22 heavy (non-hydrogen) atoms. The minimum atomic E-state index is 0.126. The number of hydrogen-bond donors (Lipinski definition) is 1. The van der Waals surface area contributed by atoms with Crippen molar-refractivity contribution in [1.29, 1.82) is 5.26 Å². The summed E-state index contributed by atoms with van der Waals surface area (Å²) in [7, 11) is 0. The second-order valence-corrected chi connectivity index (χ2v) is 4.53. The fourth-order valence-corrected chi connectivity index (χ4v) is 1.95. The van der Waals surface area contributed by atoms with Crippen molar-refractivity contribution in [3.05, 3.63) is 48.3 Å². The van der Waals surface area contributed by atoms with Gasteiger partial charge in [0.25, 0.3) is 0 Å². The third-order valence-electron chi connectivity index (χ3n) is 3.11. The summed E-state index contributed by atoms with van der Waals surface area (Å²) in [5, 5.41) is 25.9. The molecule has 2 aromatic rings. The molecule has 0 spiro atoms. The Hall–Kier alpha value is -2.78. The lowest BCUT2D eigenvalue weighted by atomic mass is 10.2. The summed E-state index contributed by atoms with van der Waals surface area (Å²) < 4.78 is 0. The number of aliphatic hydroxyl groups is 1. The van der Waals surface area contributed by atoms with Crippen molar-refractivity contribution < 1.29 is 5.11 Å². The van der Waals surface area contributed by atoms with Crippen LogP contribution in [0.3, 0.4) is 0 Å². The molecule has 6 nitrogen and oxygen atoms in total. The maximum atomic E-state index is 9.03. The molecule has 0 radical (unpaired) electrons. The highest BCUT2D eigenvalue weighted by Gasteiger charge is 2.02. The summed E-state index contributed by atoms with van der Waals surface area (Å²) in [6.07, 6.45) is 1.51. The third-order valence-corrected chi connectivity index (χ3v) is 3.11. The molecule has 0 aliphatic carbocycles. The Morgan fingerprint density at radius 3 is 2.36 bits per heavy atom. The van der Waals surface area contributed by atoms with E-state index in [9.17, 15) is 0 Å². The van der Waals surface area contributed by atoms with Gasteiger partial charge < -0.3 is 10.0 Å². The largest absolute Gasteiger partial charge is 0.395 e.